The highest BCUT2D eigenvalue weighted by Crippen LogP contribution is 2.39. The first-order chi connectivity index (χ1) is 11.7. The summed E-state index contributed by atoms with van der Waals surface area (Å²) in [5.74, 6) is 0.481. The van der Waals surface area contributed by atoms with Gasteiger partial charge in [-0.05, 0) is 37.2 Å². The summed E-state index contributed by atoms with van der Waals surface area (Å²) in [7, 11) is 2.29. The van der Waals surface area contributed by atoms with Crippen LogP contribution in [0.3, 0.4) is 0 Å². The van der Waals surface area contributed by atoms with E-state index in [-0.39, 0.29) is 18.0 Å². The number of ether oxygens (including phenoxy) is 1. The van der Waals surface area contributed by atoms with Crippen LogP contribution in [0.5, 0.6) is 0 Å². The first-order valence-electron chi connectivity index (χ1n) is 9.83. The van der Waals surface area contributed by atoms with Gasteiger partial charge in [0.15, 0.2) is 6.10 Å². The molecule has 1 aliphatic carbocycles. The summed E-state index contributed by atoms with van der Waals surface area (Å²) < 4.78 is 6.13. The van der Waals surface area contributed by atoms with E-state index in [9.17, 15) is 4.79 Å². The molecule has 1 aromatic carbocycles. The van der Waals surface area contributed by atoms with E-state index >= 15 is 0 Å². The van der Waals surface area contributed by atoms with Crippen LogP contribution in [0, 0.1) is 5.92 Å². The second-order valence-electron chi connectivity index (χ2n) is 8.10. The van der Waals surface area contributed by atoms with Gasteiger partial charge in [-0.1, -0.05) is 43.2 Å². The van der Waals surface area contributed by atoms with Gasteiger partial charge in [0, 0.05) is 12.8 Å². The molecule has 0 amide bonds. The summed E-state index contributed by atoms with van der Waals surface area (Å²) >= 11 is 0. The molecule has 3 unspecified atom stereocenters. The number of quaternary nitrogens is 1. The van der Waals surface area contributed by atoms with Crippen molar-refractivity contribution in [3.8, 4) is 0 Å². The van der Waals surface area contributed by atoms with Crippen LogP contribution in [-0.4, -0.2) is 31.2 Å². The first-order valence-corrected chi connectivity index (χ1v) is 9.83. The lowest BCUT2D eigenvalue weighted by atomic mass is 9.75. The van der Waals surface area contributed by atoms with E-state index in [1.165, 1.54) is 31.2 Å². The lowest BCUT2D eigenvalue weighted by molar-refractivity contribution is -0.923. The average Bonchev–Trinajstić information content (AvgIpc) is 2.80. The van der Waals surface area contributed by atoms with Crippen LogP contribution in [0.25, 0.3) is 0 Å². The van der Waals surface area contributed by atoms with E-state index in [4.69, 9.17) is 4.74 Å². The highest BCUT2D eigenvalue weighted by atomic mass is 16.5. The summed E-state index contributed by atoms with van der Waals surface area (Å²) in [6, 6.07) is 11.8. The van der Waals surface area contributed by atoms with Crippen molar-refractivity contribution in [2.24, 2.45) is 5.92 Å². The van der Waals surface area contributed by atoms with Gasteiger partial charge in [-0.2, -0.15) is 0 Å². The van der Waals surface area contributed by atoms with Gasteiger partial charge in [-0.25, -0.2) is 0 Å². The Bertz CT molecular complexity index is 572. The Morgan fingerprint density at radius 1 is 1.04 bits per heavy atom. The fourth-order valence-electron chi connectivity index (χ4n) is 5.45. The lowest BCUT2D eigenvalue weighted by Gasteiger charge is -2.32. The van der Waals surface area contributed by atoms with E-state index in [1.807, 2.05) is 0 Å². The van der Waals surface area contributed by atoms with Gasteiger partial charge < -0.3 is 9.64 Å². The van der Waals surface area contributed by atoms with Gasteiger partial charge in [0.25, 0.3) is 0 Å². The zero-order valence-electron chi connectivity index (χ0n) is 14.7. The zero-order chi connectivity index (χ0) is 16.5. The van der Waals surface area contributed by atoms with Crippen molar-refractivity contribution in [2.75, 3.05) is 7.05 Å². The van der Waals surface area contributed by atoms with Crippen LogP contribution in [0.15, 0.2) is 30.3 Å². The van der Waals surface area contributed by atoms with Gasteiger partial charge in [-0.15, -0.1) is 0 Å². The maximum absolute atomic E-state index is 13.0. The molecule has 2 saturated heterocycles. The molecule has 1 N–H and O–H groups in total. The van der Waals surface area contributed by atoms with Crippen LogP contribution in [0.2, 0.25) is 0 Å². The number of esters is 1. The number of fused-ring (bicyclic) bond motifs is 2. The van der Waals surface area contributed by atoms with Crippen molar-refractivity contribution in [1.29, 1.82) is 0 Å². The molecule has 3 heteroatoms. The Balaban J connectivity index is 1.46. The Hall–Kier alpha value is -1.35. The molecule has 3 nitrogen and oxygen atoms in total. The smallest absolute Gasteiger partial charge is 0.310 e. The fourth-order valence-corrected chi connectivity index (χ4v) is 5.45. The maximum Gasteiger partial charge on any atom is 0.310 e. The van der Waals surface area contributed by atoms with Crippen molar-refractivity contribution in [1.82, 2.24) is 0 Å². The van der Waals surface area contributed by atoms with Crippen LogP contribution >= 0.6 is 0 Å². The predicted octanol–water partition coefficient (Wildman–Crippen LogP) is 2.71. The molecule has 4 rings (SSSR count). The lowest BCUT2D eigenvalue weighted by Crippen LogP contribution is -3.15. The summed E-state index contributed by atoms with van der Waals surface area (Å²) in [5, 5.41) is 0. The monoisotopic (exact) mass is 328 g/mol. The second kappa shape index (κ2) is 6.87. The van der Waals surface area contributed by atoms with Crippen molar-refractivity contribution < 1.29 is 14.4 Å². The molecule has 130 valence electrons. The number of rotatable bonds is 3. The topological polar surface area (TPSA) is 30.7 Å². The quantitative estimate of drug-likeness (QED) is 0.865. The van der Waals surface area contributed by atoms with Crippen molar-refractivity contribution in [3.63, 3.8) is 0 Å². The molecule has 2 aliphatic heterocycles. The molecular weight excluding hydrogens is 298 g/mol. The summed E-state index contributed by atoms with van der Waals surface area (Å²) in [5.41, 5.74) is 1.31. The molecular formula is C21H30NO2+. The Kier molecular flexibility index (Phi) is 4.62. The molecule has 2 bridgehead atoms. The van der Waals surface area contributed by atoms with Gasteiger partial charge in [0.1, 0.15) is 6.04 Å². The third-order valence-corrected chi connectivity index (χ3v) is 6.83. The molecule has 3 fully saturated rings. The minimum atomic E-state index is 0.0573. The summed E-state index contributed by atoms with van der Waals surface area (Å²) in [6.45, 7) is 0. The molecule has 2 heterocycles. The van der Waals surface area contributed by atoms with E-state index in [2.05, 4.69) is 37.4 Å². The minimum Gasteiger partial charge on any atom is -0.456 e. The molecule has 1 saturated carbocycles. The normalized spacial score (nSPS) is 38.7. The summed E-state index contributed by atoms with van der Waals surface area (Å²) in [4.78, 5) is 14.6. The highest BCUT2D eigenvalue weighted by molar-refractivity contribution is 5.74. The fraction of sp³-hybridized carbons (Fsp3) is 0.667. The number of benzene rings is 1. The van der Waals surface area contributed by atoms with Gasteiger partial charge in [0.2, 0.25) is 0 Å². The number of carbonyl (C=O) groups is 1. The van der Waals surface area contributed by atoms with Crippen molar-refractivity contribution in [3.05, 3.63) is 35.9 Å². The minimum absolute atomic E-state index is 0.0573. The standard InChI is InChI=1S/C21H29NO2/c1-22-16-10-7-13-19(22)20(14-16)24-21(23)18-12-6-5-11-17(18)15-8-3-2-4-9-15/h2-4,8-9,16-20H,5-7,10-14H2,1H3/p+1/t16-,17?,18?,19+,20-/m0/s1. The molecule has 0 radical (unpaired) electrons. The number of hydrogen-bond donors (Lipinski definition) is 1. The van der Waals surface area contributed by atoms with E-state index in [0.717, 1.165) is 25.7 Å². The first kappa shape index (κ1) is 16.1. The van der Waals surface area contributed by atoms with E-state index in [1.54, 1.807) is 4.90 Å². The number of nitrogens with one attached hydrogen (secondary N) is 1. The van der Waals surface area contributed by atoms with Crippen LogP contribution < -0.4 is 4.90 Å². The molecule has 6 atom stereocenters. The average molecular weight is 328 g/mol. The third-order valence-electron chi connectivity index (χ3n) is 6.83. The summed E-state index contributed by atoms with van der Waals surface area (Å²) in [6.07, 6.45) is 9.54. The molecule has 3 aliphatic rings. The molecule has 1 aromatic rings. The van der Waals surface area contributed by atoms with Gasteiger partial charge >= 0.3 is 5.97 Å². The van der Waals surface area contributed by atoms with Crippen molar-refractivity contribution in [2.45, 2.75) is 75.5 Å². The molecule has 24 heavy (non-hydrogen) atoms. The SMILES string of the molecule is C[NH+]1[C@H]2CCC[C@@H]1[C@@H](OC(=O)C1CCCCC1c1ccccc1)C2. The Morgan fingerprint density at radius 2 is 1.83 bits per heavy atom. The van der Waals surface area contributed by atoms with E-state index < -0.39 is 0 Å². The Labute approximate surface area is 145 Å². The zero-order valence-corrected chi connectivity index (χ0v) is 14.7. The van der Waals surface area contributed by atoms with Crippen LogP contribution in [0.4, 0.5) is 0 Å². The van der Waals surface area contributed by atoms with Crippen molar-refractivity contribution >= 4 is 5.97 Å². The number of hydrogen-bond acceptors (Lipinski definition) is 2. The highest BCUT2D eigenvalue weighted by Gasteiger charge is 2.48. The van der Waals surface area contributed by atoms with E-state index in [0.29, 0.717) is 18.0 Å². The maximum atomic E-state index is 13.0. The number of piperidine rings is 1. The largest absolute Gasteiger partial charge is 0.456 e. The van der Waals surface area contributed by atoms with Crippen LogP contribution in [0.1, 0.15) is 62.8 Å². The molecule has 0 spiro atoms. The van der Waals surface area contributed by atoms with Crippen LogP contribution in [-0.2, 0) is 9.53 Å². The predicted molar refractivity (Wildman–Crippen MR) is 94.0 cm³/mol. The van der Waals surface area contributed by atoms with Gasteiger partial charge in [-0.3, -0.25) is 4.79 Å². The number of likely N-dealkylation sites (N-methyl/N-ethyl adjacent to an activating group) is 1. The third kappa shape index (κ3) is 2.99. The molecule has 0 aromatic heterocycles. The number of carbonyl (C=O) groups excluding carboxylic acids is 1. The Morgan fingerprint density at radius 3 is 2.62 bits per heavy atom. The second-order valence-corrected chi connectivity index (χ2v) is 8.10. The van der Waals surface area contributed by atoms with Gasteiger partial charge in [0.05, 0.1) is 19.0 Å².